The van der Waals surface area contributed by atoms with Gasteiger partial charge in [0.15, 0.2) is 57.7 Å². The molecule has 6 heterocycles. The van der Waals surface area contributed by atoms with Crippen molar-refractivity contribution in [2.75, 3.05) is 49.8 Å². The molecule has 13 aromatic rings. The van der Waals surface area contributed by atoms with Crippen LogP contribution in [0.4, 0.5) is 4.39 Å². The van der Waals surface area contributed by atoms with E-state index in [-0.39, 0.29) is 144 Å². The molecule has 0 saturated carbocycles. The van der Waals surface area contributed by atoms with Crippen LogP contribution in [0.2, 0.25) is 0 Å². The maximum Gasteiger partial charge on any atom is 0.205 e. The second-order valence-corrected chi connectivity index (χ2v) is 31.9. The van der Waals surface area contributed by atoms with Gasteiger partial charge in [0.2, 0.25) is 40.4 Å². The maximum atomic E-state index is 13.8. The molecule has 6 aromatic heterocycles. The van der Waals surface area contributed by atoms with E-state index < -0.39 is 0 Å². The number of ether oxygens (including phenoxy) is 7. The van der Waals surface area contributed by atoms with Crippen LogP contribution < -0.4 is 33.2 Å². The number of aromatic nitrogens is 12. The van der Waals surface area contributed by atoms with E-state index in [0.29, 0.717) is 105 Å². The summed E-state index contributed by atoms with van der Waals surface area (Å²) in [5.74, 6) is 0.996. The molecule has 0 spiro atoms. The number of ketones is 12. The lowest BCUT2D eigenvalue weighted by Gasteiger charge is -2.16. The van der Waals surface area contributed by atoms with Crippen LogP contribution in [0.15, 0.2) is 285 Å². The van der Waals surface area contributed by atoms with Gasteiger partial charge in [-0.15, -0.1) is 0 Å². The average Bonchev–Trinajstić information content (AvgIpc) is 0.818. The molecule has 0 N–H and O–H groups in total. The van der Waals surface area contributed by atoms with Gasteiger partial charge in [0, 0.05) is 109 Å². The number of carbonyl (C=O) groups is 12. The summed E-state index contributed by atoms with van der Waals surface area (Å²) >= 11 is 0. The Kier molecular flexibility index (Phi) is 31.5. The van der Waals surface area contributed by atoms with Crippen molar-refractivity contribution in [3.8, 4) is 51.4 Å². The molecule has 0 amide bonds. The Balaban J connectivity index is 0.000000134. The van der Waals surface area contributed by atoms with E-state index in [1.54, 1.807) is 65.7 Å². The quantitative estimate of drug-likeness (QED) is 0.0608. The number of halogens is 1. The van der Waals surface area contributed by atoms with Crippen LogP contribution >= 0.6 is 0 Å². The number of rotatable bonds is 22. The first-order chi connectivity index (χ1) is 67.7. The van der Waals surface area contributed by atoms with Crippen LogP contribution in [0.5, 0.6) is 40.2 Å². The summed E-state index contributed by atoms with van der Waals surface area (Å²) in [4.78, 5) is 194. The molecule has 0 fully saturated rings. The highest BCUT2D eigenvalue weighted by Crippen LogP contribution is 2.40. The Morgan fingerprint density at radius 2 is 0.550 bits per heavy atom. The Morgan fingerprint density at radius 1 is 0.257 bits per heavy atom. The second-order valence-electron chi connectivity index (χ2n) is 31.9. The minimum absolute atomic E-state index is 0.133. The van der Waals surface area contributed by atoms with Crippen molar-refractivity contribution < 1.29 is 95.1 Å². The van der Waals surface area contributed by atoms with Crippen molar-refractivity contribution in [3.05, 3.63) is 408 Å². The van der Waals surface area contributed by atoms with Crippen LogP contribution in [0.25, 0.3) is 11.1 Å². The summed E-state index contributed by atoms with van der Waals surface area (Å²) in [7, 11) is 10.9. The third-order valence-corrected chi connectivity index (χ3v) is 23.0. The fourth-order valence-electron chi connectivity index (χ4n) is 15.7. The number of aryl methyl sites for hydroxylation is 3. The molecule has 6 aliphatic carbocycles. The van der Waals surface area contributed by atoms with Crippen LogP contribution in [0.3, 0.4) is 0 Å². The van der Waals surface area contributed by atoms with Gasteiger partial charge in [-0.2, -0.15) is 0 Å². The van der Waals surface area contributed by atoms with Gasteiger partial charge < -0.3 is 33.2 Å². The number of allylic oxidation sites excluding steroid dienone is 12. The number of fused-ring (bicyclic) bond motifs is 6. The second kappa shape index (κ2) is 44.9. The zero-order valence-corrected chi connectivity index (χ0v) is 77.3. The highest BCUT2D eigenvalue weighted by Gasteiger charge is 2.34. The van der Waals surface area contributed by atoms with E-state index in [2.05, 4.69) is 85.8 Å². The Morgan fingerprint density at radius 3 is 0.886 bits per heavy atom. The molecular weight excluding hydrogens is 1790 g/mol. The molecule has 0 saturated heterocycles. The molecule has 31 nitrogen and oxygen atoms in total. The van der Waals surface area contributed by atoms with Crippen molar-refractivity contribution in [1.29, 1.82) is 0 Å². The molecule has 700 valence electrons. The summed E-state index contributed by atoms with van der Waals surface area (Å²) < 4.78 is 50.5. The van der Waals surface area contributed by atoms with E-state index in [4.69, 9.17) is 33.2 Å². The van der Waals surface area contributed by atoms with Gasteiger partial charge >= 0.3 is 0 Å². The standard InChI is InChI=1S/C22H15FN2O2.C18H16N2O5.C18H16N2O3.C17H14N2O4.C17H14N2O2.C16H12N2O3/c1-13-2-5-16(9-19(13)23)15-6-3-14(4-7-15)8-17-10-20(26)21-18(22(17)27)11-24-12-25-21;1-23-14-5-10(6-15(24-2)18(14)25-3)4-11-7-13(21)16-12(17(11)22)8-19-9-20-16;1-3-11-4-12(7-14(6-11)23-2)5-13-8-16(21)17-15(18(13)22)9-19-10-20-17;1-22-14-4-3-10(6-15(14)23-2)5-11-7-13(20)16-12(17(11)21)8-18-9-19-16;1-2-11-4-3-5-12(6-11)7-13-8-15(20)16-14(17(13)21)9-18-10-19-16;1-21-12-4-2-10(3-5-12)6-11-7-14(19)15-13(16(11)20)8-17-9-18-15/h2-7,9-12H,8H2,1H3;5-9H,4H2,1-3H3;4,6-10H,3,5H2,1-2H3;3-4,6-9H,5H2,1-2H3;3-6,8-10H,2,7H2,1H3;2-5,7-9H,6H2,1H3. The van der Waals surface area contributed by atoms with Gasteiger partial charge in [-0.1, -0.05) is 98.8 Å². The fraction of sp³-hybridized carbons (Fsp3) is 0.167. The van der Waals surface area contributed by atoms with Gasteiger partial charge in [0.1, 0.15) is 89.4 Å². The highest BCUT2D eigenvalue weighted by atomic mass is 19.1. The lowest BCUT2D eigenvalue weighted by molar-refractivity contribution is 0.0978. The van der Waals surface area contributed by atoms with E-state index in [1.165, 1.54) is 145 Å². The lowest BCUT2D eigenvalue weighted by atomic mass is 9.89. The predicted octanol–water partition coefficient (Wildman–Crippen LogP) is 15.4. The van der Waals surface area contributed by atoms with Crippen LogP contribution in [-0.2, 0) is 51.4 Å². The predicted molar refractivity (Wildman–Crippen MR) is 508 cm³/mol. The van der Waals surface area contributed by atoms with Crippen LogP contribution in [0.1, 0.15) is 189 Å². The SMILES string of the molecule is CCc1cc(CC2=CC(=O)c3ncncc3C2=O)cc(OC)c1.CCc1cccc(CC2=CC(=O)c3ncncc3C2=O)c1.COc1cc(CC2=CC(=O)c3ncncc3C2=O)cc(OC)c1OC.COc1ccc(CC2=CC(=O)c3ncncc3C2=O)cc1.COc1ccc(CC2=CC(=O)c3ncncc3C2=O)cc1OC.Cc1ccc(-c2ccc(CC3=CC(=O)c4ncncc4C3=O)cc2)cc1F. The number of hydrogen-bond donors (Lipinski definition) is 0. The van der Waals surface area contributed by atoms with Crippen molar-refractivity contribution >= 4 is 69.4 Å². The molecule has 0 bridgehead atoms. The molecule has 0 aliphatic heterocycles. The fourth-order valence-corrected chi connectivity index (χ4v) is 15.7. The van der Waals surface area contributed by atoms with Gasteiger partial charge in [0.25, 0.3) is 0 Å². The topological polar surface area (TPSA) is 424 Å². The Bertz CT molecular complexity index is 7340. The lowest BCUT2D eigenvalue weighted by Crippen LogP contribution is -2.20. The van der Waals surface area contributed by atoms with Crippen molar-refractivity contribution in [1.82, 2.24) is 59.8 Å². The van der Waals surface area contributed by atoms with E-state index in [1.807, 2.05) is 91.0 Å². The summed E-state index contributed by atoms with van der Waals surface area (Å²) in [5, 5.41) is 0. The van der Waals surface area contributed by atoms with Gasteiger partial charge in [-0.3, -0.25) is 57.5 Å². The smallest absolute Gasteiger partial charge is 0.205 e. The molecule has 140 heavy (non-hydrogen) atoms. The first-order valence-electron chi connectivity index (χ1n) is 43.6. The largest absolute Gasteiger partial charge is 0.497 e. The zero-order chi connectivity index (χ0) is 99.4. The number of benzene rings is 7. The molecule has 0 atom stereocenters. The van der Waals surface area contributed by atoms with E-state index >= 15 is 0 Å². The Hall–Kier alpha value is -18.0. The molecular formula is C108H87FN12O19. The van der Waals surface area contributed by atoms with Gasteiger partial charge in [-0.05, 0) is 172 Å². The first kappa shape index (κ1) is 98.0. The van der Waals surface area contributed by atoms with Crippen molar-refractivity contribution in [3.63, 3.8) is 0 Å². The third-order valence-electron chi connectivity index (χ3n) is 23.0. The number of carbonyl (C=O) groups excluding carboxylic acids is 12. The monoisotopic (exact) mass is 1870 g/mol. The molecule has 0 unspecified atom stereocenters. The molecule has 32 heteroatoms. The highest BCUT2D eigenvalue weighted by molar-refractivity contribution is 6.28. The summed E-state index contributed by atoms with van der Waals surface area (Å²) in [6, 6.07) is 42.8. The molecule has 19 rings (SSSR count). The van der Waals surface area contributed by atoms with Gasteiger partial charge in [-0.25, -0.2) is 64.2 Å². The number of hydrogen-bond acceptors (Lipinski definition) is 31. The zero-order valence-electron chi connectivity index (χ0n) is 77.3. The number of nitrogens with zero attached hydrogens (tertiary/aromatic N) is 12. The number of Topliss-reactive ketones (excluding diaryl/α,β-unsaturated/α-hetero) is 6. The maximum absolute atomic E-state index is 13.8. The average molecular weight is 1880 g/mol. The van der Waals surface area contributed by atoms with Crippen molar-refractivity contribution in [2.45, 2.75) is 72.1 Å². The van der Waals surface area contributed by atoms with Crippen LogP contribution in [0, 0.1) is 12.7 Å². The van der Waals surface area contributed by atoms with Crippen molar-refractivity contribution in [2.24, 2.45) is 0 Å². The molecule has 7 aromatic carbocycles. The summed E-state index contributed by atoms with van der Waals surface area (Å²) in [6.45, 7) is 5.86. The molecule has 0 radical (unpaired) electrons. The van der Waals surface area contributed by atoms with Gasteiger partial charge in [0.05, 0.1) is 83.1 Å². The number of methoxy groups -OCH3 is 7. The normalized spacial score (nSPS) is 13.5. The van der Waals surface area contributed by atoms with Crippen LogP contribution in [-0.4, -0.2) is 179 Å². The minimum Gasteiger partial charge on any atom is -0.497 e. The summed E-state index contributed by atoms with van der Waals surface area (Å²) in [6.07, 6.45) is 28.0. The van der Waals surface area contributed by atoms with E-state index in [0.717, 1.165) is 74.4 Å². The Labute approximate surface area is 801 Å². The van der Waals surface area contributed by atoms with E-state index in [9.17, 15) is 61.9 Å². The molecule has 6 aliphatic rings. The third kappa shape index (κ3) is 22.6. The summed E-state index contributed by atoms with van der Waals surface area (Å²) in [5.41, 5.74) is 15.1. The minimum atomic E-state index is -0.306. The first-order valence-corrected chi connectivity index (χ1v) is 43.6.